The number of nitrogens with zero attached hydrogens (tertiary/aromatic N) is 4. The van der Waals surface area contributed by atoms with E-state index >= 15 is 0 Å². The van der Waals surface area contributed by atoms with Crippen LogP contribution >= 0.6 is 0 Å². The molecule has 1 fully saturated rings. The summed E-state index contributed by atoms with van der Waals surface area (Å²) in [5.74, 6) is 3.16. The van der Waals surface area contributed by atoms with Crippen molar-refractivity contribution in [1.29, 1.82) is 0 Å². The quantitative estimate of drug-likeness (QED) is 0.837. The van der Waals surface area contributed by atoms with Crippen LogP contribution in [0.15, 0.2) is 16.9 Å². The molecule has 1 aliphatic rings. The number of hydrogen-bond acceptors (Lipinski definition) is 5. The summed E-state index contributed by atoms with van der Waals surface area (Å²) < 4.78 is 7.41. The van der Waals surface area contributed by atoms with E-state index in [-0.39, 0.29) is 0 Å². The second kappa shape index (κ2) is 5.75. The Hall–Kier alpha value is -1.69. The Kier molecular flexibility index (Phi) is 3.82. The van der Waals surface area contributed by atoms with Crippen LogP contribution in [0.3, 0.4) is 0 Å². The first-order chi connectivity index (χ1) is 9.72. The topological polar surface area (TPSA) is 68.8 Å². The largest absolute Gasteiger partial charge is 0.339 e. The molecule has 1 N–H and O–H groups in total. The van der Waals surface area contributed by atoms with Gasteiger partial charge in [0.2, 0.25) is 5.89 Å². The van der Waals surface area contributed by atoms with E-state index in [0.29, 0.717) is 18.5 Å². The zero-order valence-electron chi connectivity index (χ0n) is 12.0. The highest BCUT2D eigenvalue weighted by Crippen LogP contribution is 2.38. The lowest BCUT2D eigenvalue weighted by atomic mass is 10.2. The zero-order valence-corrected chi connectivity index (χ0v) is 12.0. The lowest BCUT2D eigenvalue weighted by Gasteiger charge is -2.13. The first-order valence-electron chi connectivity index (χ1n) is 7.26. The molecule has 0 spiro atoms. The van der Waals surface area contributed by atoms with Crippen molar-refractivity contribution in [3.05, 3.63) is 29.9 Å². The Morgan fingerprint density at radius 3 is 3.05 bits per heavy atom. The Labute approximate surface area is 118 Å². The molecule has 6 heteroatoms. The maximum absolute atomic E-state index is 5.24. The average Bonchev–Trinajstić information content (AvgIpc) is 3.04. The highest BCUT2D eigenvalue weighted by Gasteiger charge is 2.29. The summed E-state index contributed by atoms with van der Waals surface area (Å²) in [6.07, 6.45) is 7.28. The summed E-state index contributed by atoms with van der Waals surface area (Å²) in [6, 6.07) is 0.402. The first kappa shape index (κ1) is 13.3. The molecule has 1 atom stereocenters. The van der Waals surface area contributed by atoms with Gasteiger partial charge in [-0.1, -0.05) is 5.16 Å². The number of hydrogen-bond donors (Lipinski definition) is 1. The van der Waals surface area contributed by atoms with Crippen molar-refractivity contribution in [2.24, 2.45) is 0 Å². The molecule has 0 aliphatic heterocycles. The zero-order chi connectivity index (χ0) is 13.9. The van der Waals surface area contributed by atoms with Crippen LogP contribution in [-0.4, -0.2) is 25.7 Å². The van der Waals surface area contributed by atoms with Gasteiger partial charge in [-0.15, -0.1) is 0 Å². The monoisotopic (exact) mass is 275 g/mol. The predicted octanol–water partition coefficient (Wildman–Crippen LogP) is 2.02. The average molecular weight is 275 g/mol. The lowest BCUT2D eigenvalue weighted by molar-refractivity contribution is 0.370. The SMILES string of the molecule is Cc1nccn1CC[C@@H](C)NCc1noc(C2CC2)n1. The Morgan fingerprint density at radius 1 is 1.50 bits per heavy atom. The van der Waals surface area contributed by atoms with Gasteiger partial charge < -0.3 is 14.4 Å². The summed E-state index contributed by atoms with van der Waals surface area (Å²) in [4.78, 5) is 8.64. The van der Waals surface area contributed by atoms with Gasteiger partial charge in [-0.05, 0) is 33.1 Å². The van der Waals surface area contributed by atoms with Crippen LogP contribution in [0.4, 0.5) is 0 Å². The van der Waals surface area contributed by atoms with Crippen LogP contribution in [0.25, 0.3) is 0 Å². The van der Waals surface area contributed by atoms with E-state index in [0.717, 1.165) is 30.5 Å². The molecule has 2 heterocycles. The smallest absolute Gasteiger partial charge is 0.229 e. The molecule has 2 aromatic rings. The molecule has 0 amide bonds. The fourth-order valence-electron chi connectivity index (χ4n) is 2.18. The lowest BCUT2D eigenvalue weighted by Crippen LogP contribution is -2.27. The maximum Gasteiger partial charge on any atom is 0.229 e. The fourth-order valence-corrected chi connectivity index (χ4v) is 2.18. The van der Waals surface area contributed by atoms with E-state index in [1.807, 2.05) is 19.3 Å². The molecule has 1 aliphatic carbocycles. The van der Waals surface area contributed by atoms with Crippen LogP contribution in [0.1, 0.15) is 49.6 Å². The van der Waals surface area contributed by atoms with E-state index in [2.05, 4.69) is 31.9 Å². The van der Waals surface area contributed by atoms with E-state index in [4.69, 9.17) is 4.52 Å². The van der Waals surface area contributed by atoms with Crippen LogP contribution in [0, 0.1) is 6.92 Å². The van der Waals surface area contributed by atoms with Crippen LogP contribution in [0.2, 0.25) is 0 Å². The summed E-state index contributed by atoms with van der Waals surface area (Å²) in [6.45, 7) is 5.84. The third kappa shape index (κ3) is 3.25. The van der Waals surface area contributed by atoms with Crippen molar-refractivity contribution in [2.45, 2.75) is 58.2 Å². The summed E-state index contributed by atoms with van der Waals surface area (Å²) >= 11 is 0. The normalized spacial score (nSPS) is 16.5. The molecule has 1 saturated carbocycles. The molecule has 3 rings (SSSR count). The van der Waals surface area contributed by atoms with Gasteiger partial charge in [-0.2, -0.15) is 4.98 Å². The molecule has 0 aromatic carbocycles. The Bertz CT molecular complexity index is 557. The van der Waals surface area contributed by atoms with E-state index in [9.17, 15) is 0 Å². The van der Waals surface area contributed by atoms with Crippen molar-refractivity contribution in [3.8, 4) is 0 Å². The van der Waals surface area contributed by atoms with Gasteiger partial charge in [0.1, 0.15) is 5.82 Å². The molecule has 2 aromatic heterocycles. The van der Waals surface area contributed by atoms with Gasteiger partial charge >= 0.3 is 0 Å². The molecule has 0 radical (unpaired) electrons. The summed E-state index contributed by atoms with van der Waals surface area (Å²) in [7, 11) is 0. The van der Waals surface area contributed by atoms with Gasteiger partial charge in [0.25, 0.3) is 0 Å². The van der Waals surface area contributed by atoms with Crippen LogP contribution in [0.5, 0.6) is 0 Å². The molecule has 6 nitrogen and oxygen atoms in total. The molecular formula is C14H21N5O. The number of aryl methyl sites for hydroxylation is 2. The van der Waals surface area contributed by atoms with E-state index < -0.39 is 0 Å². The number of imidazole rings is 1. The minimum absolute atomic E-state index is 0.402. The predicted molar refractivity (Wildman–Crippen MR) is 74.2 cm³/mol. The summed E-state index contributed by atoms with van der Waals surface area (Å²) in [5, 5.41) is 7.44. The standard InChI is InChI=1S/C14H21N5O/c1-10(5-7-19-8-6-15-11(19)2)16-9-13-17-14(20-18-13)12-3-4-12/h6,8,10,12,16H,3-5,7,9H2,1-2H3/t10-/m1/s1. The first-order valence-corrected chi connectivity index (χ1v) is 7.26. The van der Waals surface area contributed by atoms with Crippen LogP contribution < -0.4 is 5.32 Å². The third-order valence-corrected chi connectivity index (χ3v) is 3.75. The van der Waals surface area contributed by atoms with Crippen molar-refractivity contribution in [3.63, 3.8) is 0 Å². The molecule has 0 saturated heterocycles. The van der Waals surface area contributed by atoms with Gasteiger partial charge in [-0.3, -0.25) is 0 Å². The molecule has 108 valence electrons. The van der Waals surface area contributed by atoms with Crippen LogP contribution in [-0.2, 0) is 13.1 Å². The van der Waals surface area contributed by atoms with Crippen molar-refractivity contribution in [2.75, 3.05) is 0 Å². The minimum Gasteiger partial charge on any atom is -0.339 e. The van der Waals surface area contributed by atoms with E-state index in [1.165, 1.54) is 12.8 Å². The van der Waals surface area contributed by atoms with Gasteiger partial charge in [-0.25, -0.2) is 4.98 Å². The maximum atomic E-state index is 5.24. The minimum atomic E-state index is 0.402. The Morgan fingerprint density at radius 2 is 2.35 bits per heavy atom. The summed E-state index contributed by atoms with van der Waals surface area (Å²) in [5.41, 5.74) is 0. The van der Waals surface area contributed by atoms with Gasteiger partial charge in [0, 0.05) is 30.9 Å². The fraction of sp³-hybridized carbons (Fsp3) is 0.643. The highest BCUT2D eigenvalue weighted by molar-refractivity contribution is 5.01. The van der Waals surface area contributed by atoms with Crippen molar-refractivity contribution in [1.82, 2.24) is 25.0 Å². The van der Waals surface area contributed by atoms with E-state index in [1.54, 1.807) is 0 Å². The highest BCUT2D eigenvalue weighted by atomic mass is 16.5. The van der Waals surface area contributed by atoms with Crippen molar-refractivity contribution >= 4 is 0 Å². The number of aromatic nitrogens is 4. The Balaban J connectivity index is 1.42. The molecule has 0 bridgehead atoms. The van der Waals surface area contributed by atoms with Gasteiger partial charge in [0.15, 0.2) is 5.82 Å². The molecular weight excluding hydrogens is 254 g/mol. The third-order valence-electron chi connectivity index (χ3n) is 3.75. The second-order valence-corrected chi connectivity index (χ2v) is 5.56. The number of rotatable bonds is 7. The second-order valence-electron chi connectivity index (χ2n) is 5.56. The number of nitrogens with one attached hydrogen (secondary N) is 1. The van der Waals surface area contributed by atoms with Gasteiger partial charge in [0.05, 0.1) is 6.54 Å². The molecule has 0 unspecified atom stereocenters. The van der Waals surface area contributed by atoms with Crippen molar-refractivity contribution < 1.29 is 4.52 Å². The molecule has 20 heavy (non-hydrogen) atoms.